The average molecular weight is 233 g/mol. The summed E-state index contributed by atoms with van der Waals surface area (Å²) in [5.41, 5.74) is 0.893. The number of aromatic nitrogens is 2. The Balaban J connectivity index is 2.70. The molecule has 0 radical (unpaired) electrons. The van der Waals surface area contributed by atoms with Crippen LogP contribution in [0, 0.1) is 11.3 Å². The zero-order valence-electron chi connectivity index (χ0n) is 9.96. The smallest absolute Gasteiger partial charge is 0.177 e. The Bertz CT molecular complexity index is 406. The summed E-state index contributed by atoms with van der Waals surface area (Å²) in [7, 11) is 0. The lowest BCUT2D eigenvalue weighted by Gasteiger charge is -2.11. The highest BCUT2D eigenvalue weighted by molar-refractivity contribution is 5.44. The van der Waals surface area contributed by atoms with E-state index in [1.807, 2.05) is 19.9 Å². The summed E-state index contributed by atoms with van der Waals surface area (Å²) in [4.78, 5) is 7.97. The number of nitriles is 1. The monoisotopic (exact) mass is 233 g/mol. The molecule has 1 aromatic rings. The minimum absolute atomic E-state index is 0.288. The predicted molar refractivity (Wildman–Crippen MR) is 62.8 cm³/mol. The van der Waals surface area contributed by atoms with Crippen molar-refractivity contribution in [3.63, 3.8) is 0 Å². The van der Waals surface area contributed by atoms with Crippen LogP contribution in [0.1, 0.15) is 25.2 Å². The molecule has 0 atom stereocenters. The van der Waals surface area contributed by atoms with Gasteiger partial charge in [0.05, 0.1) is 18.1 Å². The maximum absolute atomic E-state index is 8.68. The number of hydrogen-bond acceptors (Lipinski definition) is 5. The fourth-order valence-corrected chi connectivity index (χ4v) is 1.18. The van der Waals surface area contributed by atoms with E-state index >= 15 is 0 Å². The van der Waals surface area contributed by atoms with E-state index in [4.69, 9.17) is 14.7 Å². The van der Waals surface area contributed by atoms with Gasteiger partial charge in [-0.25, -0.2) is 4.98 Å². The van der Waals surface area contributed by atoms with E-state index in [1.165, 1.54) is 6.20 Å². The van der Waals surface area contributed by atoms with Gasteiger partial charge in [-0.15, -0.1) is 0 Å². The molecule has 0 aliphatic carbocycles. The molecule has 0 bridgehead atoms. The maximum atomic E-state index is 8.68. The summed E-state index contributed by atoms with van der Waals surface area (Å²) in [6.07, 6.45) is 6.08. The molecule has 0 unspecified atom stereocenters. The SMILES string of the molecule is CCOC(/C=C/c1cncc(C#N)n1)OCC. The van der Waals surface area contributed by atoms with Gasteiger partial charge < -0.3 is 9.47 Å². The second kappa shape index (κ2) is 7.49. The van der Waals surface area contributed by atoms with Crippen molar-refractivity contribution >= 4 is 6.08 Å². The van der Waals surface area contributed by atoms with Gasteiger partial charge in [0.1, 0.15) is 6.07 Å². The van der Waals surface area contributed by atoms with E-state index in [0.29, 0.717) is 18.9 Å². The van der Waals surface area contributed by atoms with E-state index in [-0.39, 0.29) is 5.69 Å². The van der Waals surface area contributed by atoms with Crippen LogP contribution in [0.15, 0.2) is 18.5 Å². The molecule has 1 aromatic heterocycles. The van der Waals surface area contributed by atoms with Crippen LogP contribution in [0.4, 0.5) is 0 Å². The summed E-state index contributed by atoms with van der Waals surface area (Å²) in [5, 5.41) is 8.68. The average Bonchev–Trinajstić information content (AvgIpc) is 2.37. The van der Waals surface area contributed by atoms with Crippen molar-refractivity contribution in [3.8, 4) is 6.07 Å². The van der Waals surface area contributed by atoms with Crippen molar-refractivity contribution in [1.82, 2.24) is 9.97 Å². The van der Waals surface area contributed by atoms with Crippen molar-refractivity contribution in [2.75, 3.05) is 13.2 Å². The molecular formula is C12H15N3O2. The Morgan fingerprint density at radius 3 is 2.65 bits per heavy atom. The highest BCUT2D eigenvalue weighted by Gasteiger charge is 2.02. The zero-order chi connectivity index (χ0) is 12.5. The molecule has 0 saturated carbocycles. The number of rotatable bonds is 6. The Morgan fingerprint density at radius 1 is 1.35 bits per heavy atom. The summed E-state index contributed by atoms with van der Waals surface area (Å²) in [5.74, 6) is 0. The first-order valence-electron chi connectivity index (χ1n) is 5.43. The molecule has 0 aliphatic heterocycles. The van der Waals surface area contributed by atoms with Crippen LogP contribution < -0.4 is 0 Å². The van der Waals surface area contributed by atoms with Gasteiger partial charge in [0.15, 0.2) is 12.0 Å². The molecule has 0 N–H and O–H groups in total. The lowest BCUT2D eigenvalue weighted by Crippen LogP contribution is -2.14. The summed E-state index contributed by atoms with van der Waals surface area (Å²) >= 11 is 0. The summed E-state index contributed by atoms with van der Waals surface area (Å²) < 4.78 is 10.7. The Labute approximate surface area is 101 Å². The molecule has 0 amide bonds. The Hall–Kier alpha value is -1.77. The normalized spacial score (nSPS) is 10.9. The topological polar surface area (TPSA) is 68.0 Å². The molecule has 1 rings (SSSR count). The first kappa shape index (κ1) is 13.3. The van der Waals surface area contributed by atoms with Gasteiger partial charge >= 0.3 is 0 Å². The van der Waals surface area contributed by atoms with E-state index in [2.05, 4.69) is 9.97 Å². The van der Waals surface area contributed by atoms with Crippen molar-refractivity contribution in [1.29, 1.82) is 5.26 Å². The van der Waals surface area contributed by atoms with E-state index in [0.717, 1.165) is 0 Å². The predicted octanol–water partition coefficient (Wildman–Crippen LogP) is 1.76. The van der Waals surface area contributed by atoms with Gasteiger partial charge in [0.2, 0.25) is 0 Å². The van der Waals surface area contributed by atoms with Crippen LogP contribution in [0.2, 0.25) is 0 Å². The third-order valence-electron chi connectivity index (χ3n) is 1.85. The fraction of sp³-hybridized carbons (Fsp3) is 0.417. The second-order valence-corrected chi connectivity index (χ2v) is 3.08. The minimum atomic E-state index is -0.391. The van der Waals surface area contributed by atoms with Crippen molar-refractivity contribution in [3.05, 3.63) is 29.9 Å². The Morgan fingerprint density at radius 2 is 2.06 bits per heavy atom. The third kappa shape index (κ3) is 4.72. The first-order chi connectivity index (χ1) is 8.30. The number of ether oxygens (including phenoxy) is 2. The zero-order valence-corrected chi connectivity index (χ0v) is 9.96. The number of nitrogens with zero attached hydrogens (tertiary/aromatic N) is 3. The van der Waals surface area contributed by atoms with Crippen molar-refractivity contribution in [2.45, 2.75) is 20.1 Å². The van der Waals surface area contributed by atoms with Gasteiger partial charge in [0, 0.05) is 13.2 Å². The molecule has 0 aromatic carbocycles. The standard InChI is InChI=1S/C12H15N3O2/c1-3-16-12(17-4-2)6-5-10-8-14-9-11(7-13)15-10/h5-6,8-9,12H,3-4H2,1-2H3/b6-5+. The first-order valence-corrected chi connectivity index (χ1v) is 5.43. The lowest BCUT2D eigenvalue weighted by atomic mass is 10.3. The fourth-order valence-electron chi connectivity index (χ4n) is 1.18. The molecule has 5 heteroatoms. The van der Waals surface area contributed by atoms with Crippen LogP contribution in [-0.4, -0.2) is 29.5 Å². The van der Waals surface area contributed by atoms with Crippen LogP contribution in [-0.2, 0) is 9.47 Å². The van der Waals surface area contributed by atoms with Gasteiger partial charge in [-0.05, 0) is 26.0 Å². The highest BCUT2D eigenvalue weighted by Crippen LogP contribution is 2.03. The van der Waals surface area contributed by atoms with Crippen molar-refractivity contribution < 1.29 is 9.47 Å². The van der Waals surface area contributed by atoms with Gasteiger partial charge in [-0.3, -0.25) is 4.98 Å². The van der Waals surface area contributed by atoms with Crippen LogP contribution in [0.3, 0.4) is 0 Å². The van der Waals surface area contributed by atoms with E-state index < -0.39 is 6.29 Å². The van der Waals surface area contributed by atoms with Crippen LogP contribution >= 0.6 is 0 Å². The second-order valence-electron chi connectivity index (χ2n) is 3.08. The number of hydrogen-bond donors (Lipinski definition) is 0. The molecule has 0 aliphatic rings. The summed E-state index contributed by atoms with van der Waals surface area (Å²) in [6.45, 7) is 4.93. The van der Waals surface area contributed by atoms with E-state index in [9.17, 15) is 0 Å². The van der Waals surface area contributed by atoms with E-state index in [1.54, 1.807) is 18.3 Å². The molecule has 0 spiro atoms. The van der Waals surface area contributed by atoms with Crippen LogP contribution in [0.5, 0.6) is 0 Å². The summed E-state index contributed by atoms with van der Waals surface area (Å²) in [6, 6.07) is 1.94. The molecular weight excluding hydrogens is 218 g/mol. The van der Waals surface area contributed by atoms with Gasteiger partial charge in [-0.2, -0.15) is 5.26 Å². The minimum Gasteiger partial charge on any atom is -0.349 e. The molecule has 0 saturated heterocycles. The van der Waals surface area contributed by atoms with Crippen molar-refractivity contribution in [2.24, 2.45) is 0 Å². The van der Waals surface area contributed by atoms with Gasteiger partial charge in [0.25, 0.3) is 0 Å². The maximum Gasteiger partial charge on any atom is 0.177 e. The molecule has 90 valence electrons. The lowest BCUT2D eigenvalue weighted by molar-refractivity contribution is -0.103. The van der Waals surface area contributed by atoms with Gasteiger partial charge in [-0.1, -0.05) is 0 Å². The quantitative estimate of drug-likeness (QED) is 0.700. The highest BCUT2D eigenvalue weighted by atomic mass is 16.7. The largest absolute Gasteiger partial charge is 0.349 e. The Kier molecular flexibility index (Phi) is 5.86. The molecule has 17 heavy (non-hydrogen) atoms. The third-order valence-corrected chi connectivity index (χ3v) is 1.85. The van der Waals surface area contributed by atoms with Crippen LogP contribution in [0.25, 0.3) is 6.08 Å². The molecule has 1 heterocycles. The molecule has 0 fully saturated rings. The molecule has 5 nitrogen and oxygen atoms in total.